The first kappa shape index (κ1) is 27.5. The van der Waals surface area contributed by atoms with Gasteiger partial charge in [-0.05, 0) is 64.8 Å². The van der Waals surface area contributed by atoms with Crippen molar-refractivity contribution in [2.24, 2.45) is 5.92 Å². The number of alkyl carbamates (subject to hydrolysis) is 1. The molecule has 1 N–H and O–H groups in total. The lowest BCUT2D eigenvalue weighted by Gasteiger charge is -2.48. The Labute approximate surface area is 198 Å². The van der Waals surface area contributed by atoms with Crippen LogP contribution in [0.2, 0.25) is 0 Å². The molecule has 0 aromatic heterocycles. The van der Waals surface area contributed by atoms with Crippen molar-refractivity contribution in [1.82, 2.24) is 15.1 Å². The molecule has 1 atom stereocenters. The highest BCUT2D eigenvalue weighted by molar-refractivity contribution is 5.95. The molecule has 0 spiro atoms. The van der Waals surface area contributed by atoms with E-state index in [1.165, 1.54) is 0 Å². The Kier molecular flexibility index (Phi) is 7.94. The van der Waals surface area contributed by atoms with Crippen molar-refractivity contribution < 1.29 is 32.3 Å². The molecule has 10 heteroatoms. The Morgan fingerprint density at radius 1 is 1.03 bits per heavy atom. The number of rotatable bonds is 4. The van der Waals surface area contributed by atoms with E-state index in [4.69, 9.17) is 4.74 Å². The van der Waals surface area contributed by atoms with Gasteiger partial charge >= 0.3 is 12.3 Å². The summed E-state index contributed by atoms with van der Waals surface area (Å²) >= 11 is 0. The van der Waals surface area contributed by atoms with Crippen molar-refractivity contribution in [3.8, 4) is 0 Å². The van der Waals surface area contributed by atoms with Crippen molar-refractivity contribution in [2.45, 2.75) is 71.8 Å². The van der Waals surface area contributed by atoms with Gasteiger partial charge in [0.05, 0.1) is 11.1 Å². The SMILES string of the molecule is CC(C)[C@H](NC(=O)OC(C)(C)C)C(=O)N1CCN(C(=O)c2ccc(C(F)(F)F)cc2)C(C)(C)C1. The van der Waals surface area contributed by atoms with Crippen molar-refractivity contribution in [3.63, 3.8) is 0 Å². The minimum absolute atomic E-state index is 0.146. The number of nitrogens with zero attached hydrogens (tertiary/aromatic N) is 2. The molecule has 0 saturated carbocycles. The second-order valence-electron chi connectivity index (χ2n) is 10.5. The van der Waals surface area contributed by atoms with Crippen molar-refractivity contribution in [1.29, 1.82) is 0 Å². The zero-order chi connectivity index (χ0) is 26.1. The third-order valence-corrected chi connectivity index (χ3v) is 5.52. The fraction of sp³-hybridized carbons (Fsp3) is 0.625. The molecular weight excluding hydrogens is 451 g/mol. The number of carbonyl (C=O) groups excluding carboxylic acids is 3. The van der Waals surface area contributed by atoms with Crippen LogP contribution in [-0.4, -0.2) is 64.5 Å². The summed E-state index contributed by atoms with van der Waals surface area (Å²) in [5, 5.41) is 2.65. The van der Waals surface area contributed by atoms with Gasteiger partial charge in [0.15, 0.2) is 0 Å². The van der Waals surface area contributed by atoms with E-state index >= 15 is 0 Å². The van der Waals surface area contributed by atoms with Gasteiger partial charge in [0.25, 0.3) is 5.91 Å². The molecule has 1 aliphatic heterocycles. The molecule has 34 heavy (non-hydrogen) atoms. The third-order valence-electron chi connectivity index (χ3n) is 5.52. The molecule has 0 bridgehead atoms. The number of amides is 3. The van der Waals surface area contributed by atoms with E-state index < -0.39 is 40.9 Å². The highest BCUT2D eigenvalue weighted by atomic mass is 19.4. The van der Waals surface area contributed by atoms with Gasteiger partial charge in [0.1, 0.15) is 11.6 Å². The average Bonchev–Trinajstić information content (AvgIpc) is 2.68. The Morgan fingerprint density at radius 3 is 2.03 bits per heavy atom. The summed E-state index contributed by atoms with van der Waals surface area (Å²) in [6.45, 7) is 13.0. The Bertz CT molecular complexity index is 906. The number of nitrogens with one attached hydrogen (secondary N) is 1. The van der Waals surface area contributed by atoms with Gasteiger partial charge in [-0.2, -0.15) is 13.2 Å². The van der Waals surface area contributed by atoms with Crippen molar-refractivity contribution >= 4 is 17.9 Å². The number of benzene rings is 1. The van der Waals surface area contributed by atoms with E-state index in [0.29, 0.717) is 0 Å². The largest absolute Gasteiger partial charge is 0.444 e. The molecule has 2 rings (SSSR count). The highest BCUT2D eigenvalue weighted by Crippen LogP contribution is 2.30. The van der Waals surface area contributed by atoms with Crippen LogP contribution < -0.4 is 5.32 Å². The standard InChI is InChI=1S/C24H34F3N3O4/c1-15(2)18(28-21(33)34-22(3,4)5)20(32)29-12-13-30(23(6,7)14-29)19(31)16-8-10-17(11-9-16)24(25,26)27/h8-11,15,18H,12-14H2,1-7H3,(H,28,33)/t18-/m0/s1. The number of halogens is 3. The monoisotopic (exact) mass is 485 g/mol. The number of alkyl halides is 3. The highest BCUT2D eigenvalue weighted by Gasteiger charge is 2.41. The third kappa shape index (κ3) is 6.87. The van der Waals surface area contributed by atoms with Crippen LogP contribution in [0.15, 0.2) is 24.3 Å². The molecule has 1 aromatic carbocycles. The van der Waals surface area contributed by atoms with Gasteiger partial charge in [-0.3, -0.25) is 9.59 Å². The maximum absolute atomic E-state index is 13.3. The number of piperazine rings is 1. The predicted molar refractivity (Wildman–Crippen MR) is 121 cm³/mol. The summed E-state index contributed by atoms with van der Waals surface area (Å²) < 4.78 is 43.8. The molecule has 190 valence electrons. The second-order valence-corrected chi connectivity index (χ2v) is 10.5. The molecule has 1 aliphatic rings. The minimum Gasteiger partial charge on any atom is -0.444 e. The zero-order valence-corrected chi connectivity index (χ0v) is 20.7. The summed E-state index contributed by atoms with van der Waals surface area (Å²) in [6, 6.07) is 3.30. The van der Waals surface area contributed by atoms with Gasteiger partial charge in [0, 0.05) is 25.2 Å². The molecule has 0 radical (unpaired) electrons. The first-order chi connectivity index (χ1) is 15.4. The molecular formula is C24H34F3N3O4. The molecule has 1 aromatic rings. The Morgan fingerprint density at radius 2 is 1.59 bits per heavy atom. The number of hydrogen-bond acceptors (Lipinski definition) is 4. The van der Waals surface area contributed by atoms with E-state index in [0.717, 1.165) is 24.3 Å². The van der Waals surface area contributed by atoms with Gasteiger partial charge in [-0.25, -0.2) is 4.79 Å². The maximum atomic E-state index is 13.3. The van der Waals surface area contributed by atoms with E-state index in [1.807, 2.05) is 13.8 Å². The minimum atomic E-state index is -4.48. The van der Waals surface area contributed by atoms with Crippen LogP contribution in [0.25, 0.3) is 0 Å². The topological polar surface area (TPSA) is 79.0 Å². The fourth-order valence-corrected chi connectivity index (χ4v) is 3.82. The predicted octanol–water partition coefficient (Wildman–Crippen LogP) is 4.32. The molecule has 7 nitrogen and oxygen atoms in total. The van der Waals surface area contributed by atoms with Crippen molar-refractivity contribution in [3.05, 3.63) is 35.4 Å². The van der Waals surface area contributed by atoms with Crippen molar-refractivity contribution in [2.75, 3.05) is 19.6 Å². The molecule has 0 aliphatic carbocycles. The number of ether oxygens (including phenoxy) is 1. The summed E-state index contributed by atoms with van der Waals surface area (Å²) in [5.41, 5.74) is -2.16. The summed E-state index contributed by atoms with van der Waals surface area (Å²) in [7, 11) is 0. The van der Waals surface area contributed by atoms with Crippen LogP contribution in [0.1, 0.15) is 64.4 Å². The quantitative estimate of drug-likeness (QED) is 0.689. The lowest BCUT2D eigenvalue weighted by atomic mass is 9.95. The molecule has 1 heterocycles. The number of hydrogen-bond donors (Lipinski definition) is 1. The Hall–Kier alpha value is -2.78. The van der Waals surface area contributed by atoms with Crippen LogP contribution >= 0.6 is 0 Å². The summed E-state index contributed by atoms with van der Waals surface area (Å²) in [6.07, 6.45) is -5.16. The van der Waals surface area contributed by atoms with Crippen LogP contribution in [0.3, 0.4) is 0 Å². The number of carbonyl (C=O) groups is 3. The van der Waals surface area contributed by atoms with Gasteiger partial charge in [-0.1, -0.05) is 13.8 Å². The fourth-order valence-electron chi connectivity index (χ4n) is 3.82. The van der Waals surface area contributed by atoms with E-state index in [-0.39, 0.29) is 37.0 Å². The molecule has 3 amide bonds. The van der Waals surface area contributed by atoms with E-state index in [2.05, 4.69) is 5.32 Å². The summed E-state index contributed by atoms with van der Waals surface area (Å²) in [5.74, 6) is -0.886. The van der Waals surface area contributed by atoms with E-state index in [9.17, 15) is 27.6 Å². The lowest BCUT2D eigenvalue weighted by molar-refractivity contribution is -0.139. The first-order valence-electron chi connectivity index (χ1n) is 11.2. The van der Waals surface area contributed by atoms with Crippen LogP contribution in [0.4, 0.5) is 18.0 Å². The zero-order valence-electron chi connectivity index (χ0n) is 20.7. The Balaban J connectivity index is 2.12. The molecule has 0 unspecified atom stereocenters. The van der Waals surface area contributed by atoms with E-state index in [1.54, 1.807) is 44.4 Å². The second kappa shape index (κ2) is 9.84. The van der Waals surface area contributed by atoms with Gasteiger partial charge in [0.2, 0.25) is 5.91 Å². The van der Waals surface area contributed by atoms with Crippen LogP contribution in [-0.2, 0) is 15.7 Å². The maximum Gasteiger partial charge on any atom is 0.416 e. The normalized spacial score (nSPS) is 17.4. The smallest absolute Gasteiger partial charge is 0.416 e. The van der Waals surface area contributed by atoms with Gasteiger partial charge in [-0.15, -0.1) is 0 Å². The average molecular weight is 486 g/mol. The first-order valence-corrected chi connectivity index (χ1v) is 11.2. The van der Waals surface area contributed by atoms with Crippen LogP contribution in [0.5, 0.6) is 0 Å². The lowest BCUT2D eigenvalue weighted by Crippen LogP contribution is -2.64. The molecule has 1 saturated heterocycles. The van der Waals surface area contributed by atoms with Gasteiger partial charge < -0.3 is 19.9 Å². The van der Waals surface area contributed by atoms with Crippen LogP contribution in [0, 0.1) is 5.92 Å². The summed E-state index contributed by atoms with van der Waals surface area (Å²) in [4.78, 5) is 41.7. The molecule has 1 fully saturated rings.